The number of likely N-dealkylation sites (N-methyl/N-ethyl adjacent to an activating group) is 1. The first-order valence-corrected chi connectivity index (χ1v) is 24.9. The number of fused-ring (bicyclic) bond motifs is 4. The lowest BCUT2D eigenvalue weighted by molar-refractivity contribution is -0.138. The van der Waals surface area contributed by atoms with Crippen molar-refractivity contribution in [1.82, 2.24) is 40.0 Å². The van der Waals surface area contributed by atoms with E-state index in [0.29, 0.717) is 31.7 Å². The zero-order chi connectivity index (χ0) is 47.8. The standard InChI is InChI=1S/C53H66N8O7/c1-28(2)45(58-51(65)67-6)49(63)60-20-10-12-41(60)47-54-26-39(56-47)31-16-17-33(44-35(31)22-34-36(44)23-43(34)62)30-14-15-32(38-25-53(24-37(30)38)18-8-9-19-53)40-27-55-48(57-40)42-13-11-21-61(42)50(64)46(29(3)4)59(5)52(66)68-7/h14-17,26-29,34,36,41-42,45-46H,8-13,18-25H2,1-7H3,(H,54,56)(H,55,57)(H,58,65). The smallest absolute Gasteiger partial charge is 0.409 e. The molecule has 4 amide bonds. The lowest BCUT2D eigenvalue weighted by Crippen LogP contribution is -2.51. The van der Waals surface area contributed by atoms with Crippen molar-refractivity contribution in [3.8, 4) is 33.6 Å². The summed E-state index contributed by atoms with van der Waals surface area (Å²) in [7, 11) is 4.26. The number of likely N-dealkylation sites (tertiary alicyclic amines) is 2. The molecule has 2 aromatic carbocycles. The normalized spacial score (nSPS) is 23.2. The number of ether oxygens (including phenoxy) is 2. The molecule has 4 aromatic rings. The number of carbonyl (C=O) groups excluding carboxylic acids is 5. The van der Waals surface area contributed by atoms with Crippen LogP contribution in [0.25, 0.3) is 33.6 Å². The number of aromatic amines is 2. The molecule has 2 aliphatic heterocycles. The molecule has 360 valence electrons. The van der Waals surface area contributed by atoms with Crippen LogP contribution in [0.1, 0.15) is 137 Å². The number of imidazole rings is 2. The Morgan fingerprint density at radius 3 is 1.84 bits per heavy atom. The number of methoxy groups -OCH3 is 2. The highest BCUT2D eigenvalue weighted by atomic mass is 16.5. The van der Waals surface area contributed by atoms with Gasteiger partial charge in [0.1, 0.15) is 29.5 Å². The number of ketones is 1. The van der Waals surface area contributed by atoms with Crippen LogP contribution in [0.5, 0.6) is 0 Å². The molecule has 6 unspecified atom stereocenters. The summed E-state index contributed by atoms with van der Waals surface area (Å²) in [5.41, 5.74) is 12.0. The number of Topliss-reactive ketones (excluding diaryl/α,β-unsaturated/α-hetero) is 1. The average Bonchev–Trinajstić information content (AvgIpc) is 4.19. The van der Waals surface area contributed by atoms with Crippen molar-refractivity contribution in [3.05, 3.63) is 70.6 Å². The number of nitrogens with one attached hydrogen (secondary N) is 3. The molecule has 2 aromatic heterocycles. The van der Waals surface area contributed by atoms with Crippen molar-refractivity contribution in [2.75, 3.05) is 34.4 Å². The van der Waals surface area contributed by atoms with Gasteiger partial charge in [-0.3, -0.25) is 19.3 Å². The molecule has 6 atom stereocenters. The van der Waals surface area contributed by atoms with Crippen molar-refractivity contribution >= 4 is 29.8 Å². The summed E-state index contributed by atoms with van der Waals surface area (Å²) in [6.45, 7) is 8.90. The third kappa shape index (κ3) is 7.67. The third-order valence-electron chi connectivity index (χ3n) is 16.6. The van der Waals surface area contributed by atoms with Gasteiger partial charge in [0.15, 0.2) is 0 Å². The maximum Gasteiger partial charge on any atom is 0.409 e. The number of carbonyl (C=O) groups is 5. The van der Waals surface area contributed by atoms with E-state index in [0.717, 1.165) is 72.7 Å². The molecule has 3 N–H and O–H groups in total. The zero-order valence-electron chi connectivity index (χ0n) is 40.6. The lowest BCUT2D eigenvalue weighted by atomic mass is 9.71. The molecule has 2 saturated heterocycles. The molecule has 4 heterocycles. The Kier molecular flexibility index (Phi) is 12.0. The predicted octanol–water partition coefficient (Wildman–Crippen LogP) is 8.45. The second kappa shape index (κ2) is 17.8. The monoisotopic (exact) mass is 927 g/mol. The fraction of sp³-hybridized carbons (Fsp3) is 0.566. The summed E-state index contributed by atoms with van der Waals surface area (Å²) in [4.78, 5) is 88.4. The van der Waals surface area contributed by atoms with Crippen LogP contribution in [0.4, 0.5) is 9.59 Å². The molecule has 68 heavy (non-hydrogen) atoms. The molecule has 0 bridgehead atoms. The first-order valence-electron chi connectivity index (χ1n) is 24.9. The van der Waals surface area contributed by atoms with E-state index in [1.807, 2.05) is 49.9 Å². The molecule has 10 rings (SSSR count). The number of aromatic nitrogens is 4. The minimum atomic E-state index is -0.718. The first kappa shape index (κ1) is 45.8. The lowest BCUT2D eigenvalue weighted by Gasteiger charge is -2.34. The van der Waals surface area contributed by atoms with Crippen molar-refractivity contribution in [2.24, 2.45) is 23.2 Å². The highest BCUT2D eigenvalue weighted by molar-refractivity contribution is 5.95. The maximum atomic E-state index is 14.2. The van der Waals surface area contributed by atoms with Gasteiger partial charge in [-0.2, -0.15) is 0 Å². The summed E-state index contributed by atoms with van der Waals surface area (Å²) >= 11 is 0. The molecule has 0 radical (unpaired) electrons. The summed E-state index contributed by atoms with van der Waals surface area (Å²) in [6.07, 6.45) is 14.0. The largest absolute Gasteiger partial charge is 0.453 e. The van der Waals surface area contributed by atoms with Crippen molar-refractivity contribution < 1.29 is 33.4 Å². The molecule has 4 aliphatic carbocycles. The van der Waals surface area contributed by atoms with Gasteiger partial charge in [0.25, 0.3) is 0 Å². The Hall–Kier alpha value is -5.99. The fourth-order valence-electron chi connectivity index (χ4n) is 13.2. The minimum Gasteiger partial charge on any atom is -0.453 e. The number of H-pyrrole nitrogens is 2. The maximum absolute atomic E-state index is 14.2. The number of nitrogens with zero attached hydrogens (tertiary/aromatic N) is 5. The second-order valence-electron chi connectivity index (χ2n) is 21.2. The quantitative estimate of drug-likeness (QED) is 0.133. The number of hydrogen-bond acceptors (Lipinski definition) is 9. The zero-order valence-corrected chi connectivity index (χ0v) is 40.6. The minimum absolute atomic E-state index is 0.0267. The highest BCUT2D eigenvalue weighted by Crippen LogP contribution is 2.58. The van der Waals surface area contributed by atoms with Crippen LogP contribution in [0.3, 0.4) is 0 Å². The molecular weight excluding hydrogens is 861 g/mol. The molecule has 6 aliphatic rings. The summed E-state index contributed by atoms with van der Waals surface area (Å²) < 4.78 is 9.83. The van der Waals surface area contributed by atoms with Gasteiger partial charge in [-0.15, -0.1) is 0 Å². The van der Waals surface area contributed by atoms with Gasteiger partial charge in [0.2, 0.25) is 11.8 Å². The van der Waals surface area contributed by atoms with Gasteiger partial charge < -0.3 is 34.6 Å². The van der Waals surface area contributed by atoms with Gasteiger partial charge in [0, 0.05) is 49.5 Å². The number of benzene rings is 2. The van der Waals surface area contributed by atoms with Gasteiger partial charge >= 0.3 is 12.2 Å². The third-order valence-corrected chi connectivity index (χ3v) is 16.6. The number of hydrogen-bond donors (Lipinski definition) is 3. The van der Waals surface area contributed by atoms with E-state index in [1.54, 1.807) is 7.05 Å². The van der Waals surface area contributed by atoms with Crippen molar-refractivity contribution in [1.29, 1.82) is 0 Å². The van der Waals surface area contributed by atoms with E-state index >= 15 is 0 Å². The number of alkyl carbamates (subject to hydrolysis) is 1. The van der Waals surface area contributed by atoms with Gasteiger partial charge in [-0.05, 0) is 108 Å². The van der Waals surface area contributed by atoms with Crippen molar-refractivity contribution in [3.63, 3.8) is 0 Å². The van der Waals surface area contributed by atoms with Gasteiger partial charge in [-0.1, -0.05) is 64.8 Å². The molecule has 2 saturated carbocycles. The van der Waals surface area contributed by atoms with E-state index in [2.05, 4.69) is 39.6 Å². The number of amides is 4. The summed E-state index contributed by atoms with van der Waals surface area (Å²) in [5, 5.41) is 2.74. The van der Waals surface area contributed by atoms with Crippen LogP contribution >= 0.6 is 0 Å². The van der Waals surface area contributed by atoms with Crippen LogP contribution in [0, 0.1) is 23.2 Å². The average molecular weight is 927 g/mol. The van der Waals surface area contributed by atoms with Crippen LogP contribution in [0.2, 0.25) is 0 Å². The molecule has 4 fully saturated rings. The van der Waals surface area contributed by atoms with E-state index in [9.17, 15) is 24.0 Å². The summed E-state index contributed by atoms with van der Waals surface area (Å²) in [5.74, 6) is 1.47. The van der Waals surface area contributed by atoms with Crippen LogP contribution in [0.15, 0.2) is 36.7 Å². The number of rotatable bonds is 11. The van der Waals surface area contributed by atoms with E-state index in [4.69, 9.17) is 19.4 Å². The second-order valence-corrected chi connectivity index (χ2v) is 21.2. The SMILES string of the molecule is COC(=O)NC(C(=O)N1CCCC1c1ncc(-c2ccc(-c3ccc(-c4cnc(C5CCCN5C(=O)C(C(C)C)N(C)C(=O)OC)[nH]4)c4c3CC3(CCCC3)C4)c3c2CC2C(=O)CC32)[nH]1)C(C)C. The first-order chi connectivity index (χ1) is 32.7. The van der Waals surface area contributed by atoms with Gasteiger partial charge in [0.05, 0.1) is 50.1 Å². The Labute approximate surface area is 398 Å². The topological polar surface area (TPSA) is 183 Å². The van der Waals surface area contributed by atoms with E-state index in [-0.39, 0.29) is 53.0 Å². The van der Waals surface area contributed by atoms with Crippen LogP contribution in [-0.4, -0.2) is 111 Å². The van der Waals surface area contributed by atoms with E-state index in [1.165, 1.54) is 78.2 Å². The fourth-order valence-corrected chi connectivity index (χ4v) is 13.2. The van der Waals surface area contributed by atoms with Crippen LogP contribution < -0.4 is 5.32 Å². The Bertz CT molecular complexity index is 2660. The van der Waals surface area contributed by atoms with Crippen LogP contribution in [-0.2, 0) is 43.1 Å². The van der Waals surface area contributed by atoms with E-state index < -0.39 is 24.3 Å². The van der Waals surface area contributed by atoms with Gasteiger partial charge in [-0.25, -0.2) is 19.6 Å². The highest BCUT2D eigenvalue weighted by Gasteiger charge is 2.50. The predicted molar refractivity (Wildman–Crippen MR) is 255 cm³/mol. The summed E-state index contributed by atoms with van der Waals surface area (Å²) in [6, 6.07) is 7.18. The Morgan fingerprint density at radius 2 is 1.28 bits per heavy atom. The molecule has 1 spiro atoms. The van der Waals surface area contributed by atoms with Crippen molar-refractivity contribution in [2.45, 2.75) is 135 Å². The Balaban J connectivity index is 0.978. The Morgan fingerprint density at radius 1 is 0.721 bits per heavy atom. The molecular formula is C53H66N8O7. The molecule has 15 heteroatoms. The molecule has 15 nitrogen and oxygen atoms in total.